The molecule has 118 valence electrons. The number of rotatable bonds is 3. The number of hydrogen-bond acceptors (Lipinski definition) is 2. The second kappa shape index (κ2) is 6.40. The summed E-state index contributed by atoms with van der Waals surface area (Å²) in [6.07, 6.45) is 1.59. The van der Waals surface area contributed by atoms with E-state index >= 15 is 0 Å². The van der Waals surface area contributed by atoms with Crippen molar-refractivity contribution in [2.24, 2.45) is 0 Å². The van der Waals surface area contributed by atoms with Gasteiger partial charge in [-0.1, -0.05) is 12.0 Å². The molecule has 0 unspecified atom stereocenters. The standard InChI is InChI=1S/C16H11F3N2O2/c1-2-11-5-3-6-12(9-11)20-14(22)10-21-8-4-7-13(15(21)23)16(17,18)19/h1,3-9H,10H2,(H,20,22). The predicted molar refractivity (Wildman–Crippen MR) is 78.7 cm³/mol. The zero-order valence-corrected chi connectivity index (χ0v) is 11.7. The lowest BCUT2D eigenvalue weighted by atomic mass is 10.2. The van der Waals surface area contributed by atoms with Crippen LogP contribution in [-0.2, 0) is 17.5 Å². The van der Waals surface area contributed by atoms with E-state index in [1.54, 1.807) is 18.2 Å². The molecule has 7 heteroatoms. The summed E-state index contributed by atoms with van der Waals surface area (Å²) in [6.45, 7) is -0.539. The molecule has 0 radical (unpaired) electrons. The third-order valence-corrected chi connectivity index (χ3v) is 2.95. The van der Waals surface area contributed by atoms with Crippen LogP contribution in [0.15, 0.2) is 47.4 Å². The van der Waals surface area contributed by atoms with E-state index in [4.69, 9.17) is 6.42 Å². The van der Waals surface area contributed by atoms with Crippen molar-refractivity contribution in [2.45, 2.75) is 12.7 Å². The lowest BCUT2D eigenvalue weighted by Crippen LogP contribution is -2.31. The highest BCUT2D eigenvalue weighted by atomic mass is 19.4. The Morgan fingerprint density at radius 1 is 1.26 bits per heavy atom. The molecular weight excluding hydrogens is 309 g/mol. The molecule has 1 aromatic heterocycles. The van der Waals surface area contributed by atoms with Gasteiger partial charge in [0.15, 0.2) is 0 Å². The molecule has 4 nitrogen and oxygen atoms in total. The van der Waals surface area contributed by atoms with Crippen molar-refractivity contribution < 1.29 is 18.0 Å². The fourth-order valence-corrected chi connectivity index (χ4v) is 1.92. The fourth-order valence-electron chi connectivity index (χ4n) is 1.92. The van der Waals surface area contributed by atoms with E-state index in [1.165, 1.54) is 6.07 Å². The Labute approximate surface area is 129 Å². The summed E-state index contributed by atoms with van der Waals surface area (Å²) in [5.74, 6) is 1.75. The summed E-state index contributed by atoms with van der Waals surface area (Å²) < 4.78 is 38.7. The molecule has 0 bridgehead atoms. The minimum Gasteiger partial charge on any atom is -0.324 e. The largest absolute Gasteiger partial charge is 0.421 e. The molecule has 0 saturated carbocycles. The van der Waals surface area contributed by atoms with Gasteiger partial charge in [-0.3, -0.25) is 9.59 Å². The van der Waals surface area contributed by atoms with Crippen molar-refractivity contribution in [2.75, 3.05) is 5.32 Å². The van der Waals surface area contributed by atoms with Crippen LogP contribution < -0.4 is 10.9 Å². The van der Waals surface area contributed by atoms with Crippen LogP contribution in [0, 0.1) is 12.3 Å². The van der Waals surface area contributed by atoms with Gasteiger partial charge in [-0.05, 0) is 30.3 Å². The molecule has 0 atom stereocenters. The van der Waals surface area contributed by atoms with E-state index in [2.05, 4.69) is 11.2 Å². The van der Waals surface area contributed by atoms with Gasteiger partial charge >= 0.3 is 6.18 Å². The number of nitrogens with one attached hydrogen (secondary N) is 1. The van der Waals surface area contributed by atoms with Gasteiger partial charge in [0.25, 0.3) is 5.56 Å². The third kappa shape index (κ3) is 4.01. The van der Waals surface area contributed by atoms with Gasteiger partial charge in [0.2, 0.25) is 5.91 Å². The summed E-state index contributed by atoms with van der Waals surface area (Å²) in [5.41, 5.74) is -1.65. The first-order valence-corrected chi connectivity index (χ1v) is 6.44. The van der Waals surface area contributed by atoms with Gasteiger partial charge < -0.3 is 9.88 Å². The van der Waals surface area contributed by atoms with Crippen LogP contribution in [0.2, 0.25) is 0 Å². The first kappa shape index (κ1) is 16.4. The number of anilines is 1. The molecule has 0 aliphatic heterocycles. The van der Waals surface area contributed by atoms with Crippen molar-refractivity contribution in [3.05, 3.63) is 64.1 Å². The van der Waals surface area contributed by atoms with Crippen LogP contribution in [-0.4, -0.2) is 10.5 Å². The summed E-state index contributed by atoms with van der Waals surface area (Å²) >= 11 is 0. The molecule has 0 saturated heterocycles. The Bertz CT molecular complexity index is 832. The molecule has 2 rings (SSSR count). The fraction of sp³-hybridized carbons (Fsp3) is 0.125. The van der Waals surface area contributed by atoms with E-state index < -0.39 is 29.8 Å². The smallest absolute Gasteiger partial charge is 0.324 e. The van der Waals surface area contributed by atoms with Crippen molar-refractivity contribution in [1.82, 2.24) is 4.57 Å². The topological polar surface area (TPSA) is 51.1 Å². The van der Waals surface area contributed by atoms with Gasteiger partial charge in [0.05, 0.1) is 0 Å². The lowest BCUT2D eigenvalue weighted by molar-refractivity contribution is -0.139. The summed E-state index contributed by atoms with van der Waals surface area (Å²) in [5, 5.41) is 2.48. The van der Waals surface area contributed by atoms with Crippen LogP contribution in [0.4, 0.5) is 18.9 Å². The SMILES string of the molecule is C#Cc1cccc(NC(=O)Cn2cccc(C(F)(F)F)c2=O)c1. The number of benzene rings is 1. The first-order chi connectivity index (χ1) is 10.8. The van der Waals surface area contributed by atoms with Gasteiger partial charge in [0, 0.05) is 17.4 Å². The highest BCUT2D eigenvalue weighted by Gasteiger charge is 2.34. The maximum Gasteiger partial charge on any atom is 0.421 e. The van der Waals surface area contributed by atoms with Gasteiger partial charge in [-0.2, -0.15) is 13.2 Å². The zero-order valence-electron chi connectivity index (χ0n) is 11.7. The number of alkyl halides is 3. The molecule has 1 aromatic carbocycles. The average Bonchev–Trinajstić information content (AvgIpc) is 2.48. The Balaban J connectivity index is 2.18. The Morgan fingerprint density at radius 3 is 2.65 bits per heavy atom. The van der Waals surface area contributed by atoms with E-state index in [-0.39, 0.29) is 0 Å². The number of hydrogen-bond donors (Lipinski definition) is 1. The molecule has 2 aromatic rings. The molecule has 0 aliphatic carbocycles. The number of carbonyl (C=O) groups is 1. The maximum atomic E-state index is 12.7. The molecule has 1 amide bonds. The lowest BCUT2D eigenvalue weighted by Gasteiger charge is -2.10. The zero-order chi connectivity index (χ0) is 17.0. The van der Waals surface area contributed by atoms with E-state index in [9.17, 15) is 22.8 Å². The number of nitrogens with zero attached hydrogens (tertiary/aromatic N) is 1. The summed E-state index contributed by atoms with van der Waals surface area (Å²) in [7, 11) is 0. The van der Waals surface area contributed by atoms with Gasteiger partial charge in [0.1, 0.15) is 12.1 Å². The van der Waals surface area contributed by atoms with Gasteiger partial charge in [-0.25, -0.2) is 0 Å². The molecule has 0 fully saturated rings. The summed E-state index contributed by atoms with van der Waals surface area (Å²) in [4.78, 5) is 23.6. The molecular formula is C16H11F3N2O2. The van der Waals surface area contributed by atoms with Crippen LogP contribution in [0.3, 0.4) is 0 Å². The molecule has 0 aliphatic rings. The number of aromatic nitrogens is 1. The van der Waals surface area contributed by atoms with Crippen LogP contribution in [0.25, 0.3) is 0 Å². The van der Waals surface area contributed by atoms with E-state index in [0.29, 0.717) is 21.9 Å². The first-order valence-electron chi connectivity index (χ1n) is 6.44. The van der Waals surface area contributed by atoms with Crippen LogP contribution in [0.1, 0.15) is 11.1 Å². The quantitative estimate of drug-likeness (QED) is 0.884. The van der Waals surface area contributed by atoms with Crippen molar-refractivity contribution in [3.63, 3.8) is 0 Å². The molecule has 23 heavy (non-hydrogen) atoms. The van der Waals surface area contributed by atoms with Crippen LogP contribution in [0.5, 0.6) is 0 Å². The number of amides is 1. The van der Waals surface area contributed by atoms with E-state index in [1.807, 2.05) is 0 Å². The highest BCUT2D eigenvalue weighted by Crippen LogP contribution is 2.25. The Morgan fingerprint density at radius 2 is 2.00 bits per heavy atom. The monoisotopic (exact) mass is 320 g/mol. The van der Waals surface area contributed by atoms with Crippen molar-refractivity contribution in [1.29, 1.82) is 0 Å². The Kier molecular flexibility index (Phi) is 4.55. The summed E-state index contributed by atoms with van der Waals surface area (Å²) in [6, 6.07) is 8.14. The number of pyridine rings is 1. The van der Waals surface area contributed by atoms with Crippen LogP contribution >= 0.6 is 0 Å². The normalized spacial score (nSPS) is 10.9. The minimum absolute atomic E-state index is 0.394. The van der Waals surface area contributed by atoms with Gasteiger partial charge in [-0.15, -0.1) is 6.42 Å². The predicted octanol–water partition coefficient (Wildman–Crippen LogP) is 2.49. The van der Waals surface area contributed by atoms with Crippen molar-refractivity contribution in [3.8, 4) is 12.3 Å². The second-order valence-corrected chi connectivity index (χ2v) is 4.63. The number of terminal acetylenes is 1. The maximum absolute atomic E-state index is 12.7. The van der Waals surface area contributed by atoms with Crippen molar-refractivity contribution >= 4 is 11.6 Å². The molecule has 1 N–H and O–H groups in total. The Hall–Kier alpha value is -3.01. The minimum atomic E-state index is -4.77. The number of carbonyl (C=O) groups excluding carboxylic acids is 1. The average molecular weight is 320 g/mol. The third-order valence-electron chi connectivity index (χ3n) is 2.95. The number of halogens is 3. The second-order valence-electron chi connectivity index (χ2n) is 4.63. The molecule has 1 heterocycles. The molecule has 0 spiro atoms. The van der Waals surface area contributed by atoms with E-state index in [0.717, 1.165) is 12.3 Å². The highest BCUT2D eigenvalue weighted by molar-refractivity contribution is 5.90.